The van der Waals surface area contributed by atoms with E-state index in [2.05, 4.69) is 24.4 Å². The Kier molecular flexibility index (Phi) is 8.70. The molecule has 0 aliphatic heterocycles. The zero-order valence-corrected chi connectivity index (χ0v) is 17.9. The Balaban J connectivity index is 1.94. The summed E-state index contributed by atoms with van der Waals surface area (Å²) in [6, 6.07) is 7.50. The number of thiophene rings is 1. The fourth-order valence-corrected chi connectivity index (χ4v) is 3.94. The number of ether oxygens (including phenoxy) is 1. The van der Waals surface area contributed by atoms with E-state index < -0.39 is 5.60 Å². The summed E-state index contributed by atoms with van der Waals surface area (Å²) < 4.78 is 5.85. The molecule has 1 aromatic heterocycles. The Morgan fingerprint density at radius 2 is 1.82 bits per heavy atom. The second-order valence-electron chi connectivity index (χ2n) is 7.19. The van der Waals surface area contributed by atoms with Crippen molar-refractivity contribution in [2.75, 3.05) is 0 Å². The fourth-order valence-electron chi connectivity index (χ4n) is 3.09. The number of allylic oxidation sites excluding steroid dienone is 2. The molecule has 0 saturated carbocycles. The molecule has 154 valence electrons. The molecule has 0 atom stereocenters. The summed E-state index contributed by atoms with van der Waals surface area (Å²) in [5.41, 5.74) is 3.25. The van der Waals surface area contributed by atoms with Gasteiger partial charge in [0.1, 0.15) is 12.4 Å². The number of aliphatic hydroxyl groups is 3. The van der Waals surface area contributed by atoms with Crippen molar-refractivity contribution >= 4 is 16.9 Å². The van der Waals surface area contributed by atoms with E-state index in [9.17, 15) is 15.3 Å². The van der Waals surface area contributed by atoms with Crippen LogP contribution in [0.15, 0.2) is 35.7 Å². The van der Waals surface area contributed by atoms with Gasteiger partial charge in [-0.3, -0.25) is 0 Å². The van der Waals surface area contributed by atoms with Crippen LogP contribution < -0.4 is 4.74 Å². The minimum absolute atomic E-state index is 0.0933. The van der Waals surface area contributed by atoms with Crippen LogP contribution in [0.25, 0.3) is 5.57 Å². The Bertz CT molecular complexity index is 775. The molecule has 0 aliphatic rings. The van der Waals surface area contributed by atoms with Crippen LogP contribution in [0, 0.1) is 0 Å². The van der Waals surface area contributed by atoms with Gasteiger partial charge in [-0.1, -0.05) is 26.0 Å². The largest absolute Gasteiger partial charge is 0.488 e. The summed E-state index contributed by atoms with van der Waals surface area (Å²) in [6.07, 6.45) is 5.42. The maximum absolute atomic E-state index is 10.4. The lowest BCUT2D eigenvalue weighted by Gasteiger charge is -2.24. The highest BCUT2D eigenvalue weighted by Gasteiger charge is 2.20. The number of benzene rings is 1. The number of aliphatic hydroxyl groups excluding tert-OH is 2. The number of hydrogen-bond donors (Lipinski definition) is 3. The van der Waals surface area contributed by atoms with Gasteiger partial charge in [0.15, 0.2) is 0 Å². The van der Waals surface area contributed by atoms with Gasteiger partial charge >= 0.3 is 0 Å². The molecule has 0 spiro atoms. The van der Waals surface area contributed by atoms with Crippen molar-refractivity contribution in [2.45, 2.75) is 71.9 Å². The minimum Gasteiger partial charge on any atom is -0.488 e. The highest BCUT2D eigenvalue weighted by atomic mass is 32.1. The standard InChI is InChI=1S/C23H32O4S/c1-4-23(26,5-2)10-6-7-17(3)20-12-22(28-16-20)15-27-21-9-8-18(13-24)19(11-21)14-25/h7-9,11-12,16,24-26H,4-6,10,13-15H2,1-3H3. The van der Waals surface area contributed by atoms with E-state index in [1.54, 1.807) is 23.5 Å². The predicted octanol–water partition coefficient (Wildman–Crippen LogP) is 5.05. The summed E-state index contributed by atoms with van der Waals surface area (Å²) in [5, 5.41) is 31.2. The van der Waals surface area contributed by atoms with Gasteiger partial charge in [-0.15, -0.1) is 11.3 Å². The van der Waals surface area contributed by atoms with Crippen LogP contribution in [0.5, 0.6) is 5.75 Å². The first-order chi connectivity index (χ1) is 13.4. The fraction of sp³-hybridized carbons (Fsp3) is 0.478. The van der Waals surface area contributed by atoms with Crippen LogP contribution in [0.2, 0.25) is 0 Å². The van der Waals surface area contributed by atoms with Crippen LogP contribution in [-0.4, -0.2) is 20.9 Å². The molecule has 1 aromatic carbocycles. The van der Waals surface area contributed by atoms with Crippen molar-refractivity contribution in [3.63, 3.8) is 0 Å². The van der Waals surface area contributed by atoms with Crippen LogP contribution in [-0.2, 0) is 19.8 Å². The molecule has 0 radical (unpaired) electrons. The van der Waals surface area contributed by atoms with Crippen LogP contribution in [0.4, 0.5) is 0 Å². The Hall–Kier alpha value is -1.66. The van der Waals surface area contributed by atoms with Gasteiger partial charge in [0.05, 0.1) is 18.8 Å². The van der Waals surface area contributed by atoms with Gasteiger partial charge in [-0.05, 0) is 78.4 Å². The lowest BCUT2D eigenvalue weighted by Crippen LogP contribution is -2.25. The molecule has 0 bridgehead atoms. The van der Waals surface area contributed by atoms with E-state index in [1.165, 1.54) is 11.1 Å². The SMILES string of the molecule is CCC(O)(CC)CCC=C(C)c1csc(COc2ccc(CO)c(CO)c2)c1. The maximum atomic E-state index is 10.4. The van der Waals surface area contributed by atoms with Crippen molar-refractivity contribution in [1.29, 1.82) is 0 Å². The van der Waals surface area contributed by atoms with Crippen molar-refractivity contribution < 1.29 is 20.1 Å². The van der Waals surface area contributed by atoms with Crippen molar-refractivity contribution in [3.05, 3.63) is 57.3 Å². The zero-order chi connectivity index (χ0) is 20.6. The van der Waals surface area contributed by atoms with Crippen LogP contribution >= 0.6 is 11.3 Å². The second-order valence-corrected chi connectivity index (χ2v) is 8.19. The summed E-state index contributed by atoms with van der Waals surface area (Å²) >= 11 is 1.66. The van der Waals surface area contributed by atoms with E-state index >= 15 is 0 Å². The lowest BCUT2D eigenvalue weighted by molar-refractivity contribution is 0.0246. The Morgan fingerprint density at radius 3 is 2.46 bits per heavy atom. The van der Waals surface area contributed by atoms with Crippen molar-refractivity contribution in [2.24, 2.45) is 0 Å². The molecule has 1 heterocycles. The van der Waals surface area contributed by atoms with Gasteiger partial charge < -0.3 is 20.1 Å². The third kappa shape index (κ3) is 6.17. The molecule has 28 heavy (non-hydrogen) atoms. The summed E-state index contributed by atoms with van der Waals surface area (Å²) in [7, 11) is 0. The Labute approximate surface area is 172 Å². The van der Waals surface area contributed by atoms with Gasteiger partial charge in [0.25, 0.3) is 0 Å². The predicted molar refractivity (Wildman–Crippen MR) is 115 cm³/mol. The van der Waals surface area contributed by atoms with E-state index in [0.29, 0.717) is 23.5 Å². The average molecular weight is 405 g/mol. The van der Waals surface area contributed by atoms with Gasteiger partial charge in [0, 0.05) is 4.88 Å². The quantitative estimate of drug-likeness (QED) is 0.490. The smallest absolute Gasteiger partial charge is 0.122 e. The molecule has 0 fully saturated rings. The van der Waals surface area contributed by atoms with Gasteiger partial charge in [0.2, 0.25) is 0 Å². The third-order valence-electron chi connectivity index (χ3n) is 5.39. The monoisotopic (exact) mass is 404 g/mol. The van der Waals surface area contributed by atoms with Crippen LogP contribution in [0.1, 0.15) is 68.0 Å². The molecule has 2 rings (SSSR count). The molecule has 5 heteroatoms. The van der Waals surface area contributed by atoms with Gasteiger partial charge in [-0.2, -0.15) is 0 Å². The summed E-state index contributed by atoms with van der Waals surface area (Å²) in [4.78, 5) is 1.12. The highest BCUT2D eigenvalue weighted by molar-refractivity contribution is 7.10. The second kappa shape index (κ2) is 10.8. The van der Waals surface area contributed by atoms with E-state index in [-0.39, 0.29) is 13.2 Å². The van der Waals surface area contributed by atoms with E-state index in [0.717, 1.165) is 30.6 Å². The van der Waals surface area contributed by atoms with Crippen molar-refractivity contribution in [1.82, 2.24) is 0 Å². The molecular formula is C23H32O4S. The molecule has 0 unspecified atom stereocenters. The molecule has 4 nitrogen and oxygen atoms in total. The first-order valence-corrected chi connectivity index (χ1v) is 10.8. The molecule has 0 aliphatic carbocycles. The van der Waals surface area contributed by atoms with Crippen molar-refractivity contribution in [3.8, 4) is 5.75 Å². The molecule has 3 N–H and O–H groups in total. The first-order valence-electron chi connectivity index (χ1n) is 9.88. The normalized spacial score (nSPS) is 12.4. The molecule has 0 amide bonds. The molecule has 0 saturated heterocycles. The molecular weight excluding hydrogens is 372 g/mol. The summed E-state index contributed by atoms with van der Waals surface area (Å²) in [6.45, 7) is 6.42. The maximum Gasteiger partial charge on any atom is 0.122 e. The third-order valence-corrected chi connectivity index (χ3v) is 6.30. The van der Waals surface area contributed by atoms with Gasteiger partial charge in [-0.25, -0.2) is 0 Å². The topological polar surface area (TPSA) is 69.9 Å². The first kappa shape index (κ1) is 22.6. The van der Waals surface area contributed by atoms with E-state index in [1.807, 2.05) is 19.9 Å². The highest BCUT2D eigenvalue weighted by Crippen LogP contribution is 2.26. The number of rotatable bonds is 11. The zero-order valence-electron chi connectivity index (χ0n) is 17.1. The van der Waals surface area contributed by atoms with Crippen LogP contribution in [0.3, 0.4) is 0 Å². The molecule has 2 aromatic rings. The minimum atomic E-state index is -0.552. The number of hydrogen-bond acceptors (Lipinski definition) is 5. The Morgan fingerprint density at radius 1 is 1.11 bits per heavy atom. The summed E-state index contributed by atoms with van der Waals surface area (Å²) in [5.74, 6) is 0.682. The van der Waals surface area contributed by atoms with E-state index in [4.69, 9.17) is 4.74 Å². The average Bonchev–Trinajstić information content (AvgIpc) is 3.21. The lowest BCUT2D eigenvalue weighted by atomic mass is 9.91.